The number of aromatic nitrogens is 2. The third-order valence-electron chi connectivity index (χ3n) is 5.76. The number of hydrogen-bond donors (Lipinski definition) is 2. The first kappa shape index (κ1) is 20.3. The van der Waals surface area contributed by atoms with Gasteiger partial charge in [-0.25, -0.2) is 9.97 Å². The number of halogens is 1. The fourth-order valence-corrected chi connectivity index (χ4v) is 4.31. The fraction of sp³-hybridized carbons (Fsp3) is 0.500. The highest BCUT2D eigenvalue weighted by molar-refractivity contribution is 6.30. The first-order valence-corrected chi connectivity index (χ1v) is 10.9. The highest BCUT2D eigenvalue weighted by Crippen LogP contribution is 2.20. The lowest BCUT2D eigenvalue weighted by atomic mass is 9.97. The molecule has 0 unspecified atom stereocenters. The molecule has 0 aliphatic carbocycles. The Labute approximate surface area is 177 Å². The summed E-state index contributed by atoms with van der Waals surface area (Å²) < 4.78 is 0. The van der Waals surface area contributed by atoms with E-state index in [2.05, 4.69) is 25.5 Å². The van der Waals surface area contributed by atoms with Gasteiger partial charge in [-0.3, -0.25) is 9.69 Å². The van der Waals surface area contributed by atoms with Crippen LogP contribution in [0.5, 0.6) is 0 Å². The van der Waals surface area contributed by atoms with Gasteiger partial charge in [0.1, 0.15) is 0 Å². The average molecular weight is 414 g/mol. The molecule has 2 fully saturated rings. The minimum atomic E-state index is 0.00555. The van der Waals surface area contributed by atoms with Crippen LogP contribution in [0.3, 0.4) is 0 Å². The van der Waals surface area contributed by atoms with Gasteiger partial charge in [0.15, 0.2) is 5.82 Å². The Morgan fingerprint density at radius 2 is 1.97 bits per heavy atom. The number of nitrogens with zero attached hydrogens (tertiary/aromatic N) is 3. The van der Waals surface area contributed by atoms with Crippen LogP contribution in [-0.4, -0.2) is 53.0 Å². The molecule has 1 aromatic heterocycles. The summed E-state index contributed by atoms with van der Waals surface area (Å²) in [5.41, 5.74) is 2.08. The molecule has 0 saturated carbocycles. The van der Waals surface area contributed by atoms with E-state index in [9.17, 15) is 4.79 Å². The smallest absolute Gasteiger partial charge is 0.237 e. The lowest BCUT2D eigenvalue weighted by Gasteiger charge is -2.32. The number of carbonyl (C=O) groups is 1. The molecule has 154 valence electrons. The maximum atomic E-state index is 12.2. The molecular formula is C22H28ClN5O. The van der Waals surface area contributed by atoms with Crippen molar-refractivity contribution in [3.63, 3.8) is 0 Å². The van der Waals surface area contributed by atoms with Crippen LogP contribution in [0.1, 0.15) is 31.2 Å². The second-order valence-electron chi connectivity index (χ2n) is 8.06. The van der Waals surface area contributed by atoms with E-state index in [-0.39, 0.29) is 11.9 Å². The molecule has 2 aliphatic rings. The zero-order valence-corrected chi connectivity index (χ0v) is 17.4. The highest BCUT2D eigenvalue weighted by Gasteiger charge is 2.24. The van der Waals surface area contributed by atoms with Gasteiger partial charge in [-0.05, 0) is 69.0 Å². The van der Waals surface area contributed by atoms with Gasteiger partial charge in [-0.15, -0.1) is 0 Å². The summed E-state index contributed by atoms with van der Waals surface area (Å²) >= 11 is 5.94. The van der Waals surface area contributed by atoms with Crippen molar-refractivity contribution in [1.29, 1.82) is 0 Å². The van der Waals surface area contributed by atoms with Crippen LogP contribution in [0.25, 0.3) is 11.4 Å². The Morgan fingerprint density at radius 1 is 1.17 bits per heavy atom. The topological polar surface area (TPSA) is 70.2 Å². The summed E-state index contributed by atoms with van der Waals surface area (Å²) in [4.78, 5) is 23.7. The van der Waals surface area contributed by atoms with Gasteiger partial charge in [0.25, 0.3) is 0 Å². The molecule has 1 aromatic carbocycles. The zero-order valence-electron chi connectivity index (χ0n) is 16.6. The van der Waals surface area contributed by atoms with Crippen molar-refractivity contribution in [3.05, 3.63) is 47.2 Å². The first-order valence-electron chi connectivity index (χ1n) is 10.5. The quantitative estimate of drug-likeness (QED) is 0.762. The predicted octanol–water partition coefficient (Wildman–Crippen LogP) is 2.88. The number of rotatable bonds is 6. The molecule has 2 aliphatic heterocycles. The summed E-state index contributed by atoms with van der Waals surface area (Å²) in [5, 5.41) is 7.12. The van der Waals surface area contributed by atoms with Crippen molar-refractivity contribution in [2.75, 3.05) is 26.2 Å². The summed E-state index contributed by atoms with van der Waals surface area (Å²) in [6.45, 7) is 4.63. The summed E-state index contributed by atoms with van der Waals surface area (Å²) in [7, 11) is 0. The van der Waals surface area contributed by atoms with E-state index >= 15 is 0 Å². The van der Waals surface area contributed by atoms with E-state index in [0.29, 0.717) is 16.8 Å². The number of hydrogen-bond acceptors (Lipinski definition) is 5. The minimum Gasteiger partial charge on any atom is -0.354 e. The van der Waals surface area contributed by atoms with Crippen LogP contribution in [-0.2, 0) is 11.3 Å². The fourth-order valence-electron chi connectivity index (χ4n) is 4.18. The summed E-state index contributed by atoms with van der Waals surface area (Å²) in [5.74, 6) is 1.37. The van der Waals surface area contributed by atoms with Crippen LogP contribution in [0.4, 0.5) is 0 Å². The van der Waals surface area contributed by atoms with Gasteiger partial charge in [0.05, 0.1) is 6.04 Å². The van der Waals surface area contributed by atoms with Crippen molar-refractivity contribution >= 4 is 17.5 Å². The molecule has 0 spiro atoms. The first-order chi connectivity index (χ1) is 14.2. The largest absolute Gasteiger partial charge is 0.354 e. The lowest BCUT2D eigenvalue weighted by Crippen LogP contribution is -2.45. The Bertz CT molecular complexity index is 805. The number of likely N-dealkylation sites (tertiary alicyclic amines) is 1. The average Bonchev–Trinajstić information content (AvgIpc) is 3.29. The minimum absolute atomic E-state index is 0.00555. The zero-order chi connectivity index (χ0) is 20.1. The number of amides is 1. The molecule has 2 atom stereocenters. The summed E-state index contributed by atoms with van der Waals surface area (Å²) in [6.07, 6.45) is 8.19. The Hall–Kier alpha value is -2.02. The van der Waals surface area contributed by atoms with Crippen LogP contribution in [0.15, 0.2) is 36.7 Å². The number of carbonyl (C=O) groups excluding carboxylic acids is 1. The van der Waals surface area contributed by atoms with Gasteiger partial charge in [0, 0.05) is 48.2 Å². The second kappa shape index (κ2) is 9.65. The van der Waals surface area contributed by atoms with Crippen molar-refractivity contribution in [2.24, 2.45) is 5.92 Å². The van der Waals surface area contributed by atoms with Crippen molar-refractivity contribution < 1.29 is 4.79 Å². The molecule has 7 heteroatoms. The van der Waals surface area contributed by atoms with Crippen LogP contribution >= 0.6 is 11.6 Å². The van der Waals surface area contributed by atoms with E-state index < -0.39 is 0 Å². The molecule has 2 N–H and O–H groups in total. The molecule has 2 aromatic rings. The van der Waals surface area contributed by atoms with Gasteiger partial charge in [-0.2, -0.15) is 0 Å². The number of piperidine rings is 1. The van der Waals surface area contributed by atoms with Crippen molar-refractivity contribution in [3.8, 4) is 11.4 Å². The molecular weight excluding hydrogens is 386 g/mol. The van der Waals surface area contributed by atoms with Gasteiger partial charge >= 0.3 is 0 Å². The third-order valence-corrected chi connectivity index (χ3v) is 6.01. The lowest BCUT2D eigenvalue weighted by molar-refractivity contribution is -0.123. The molecule has 4 rings (SSSR count). The van der Waals surface area contributed by atoms with Crippen LogP contribution in [0.2, 0.25) is 5.02 Å². The summed E-state index contributed by atoms with van der Waals surface area (Å²) in [6, 6.07) is 7.57. The Morgan fingerprint density at radius 3 is 2.69 bits per heavy atom. The molecule has 6 nitrogen and oxygen atoms in total. The maximum Gasteiger partial charge on any atom is 0.237 e. The Kier molecular flexibility index (Phi) is 6.74. The van der Waals surface area contributed by atoms with Gasteiger partial charge in [-0.1, -0.05) is 11.6 Å². The predicted molar refractivity (Wildman–Crippen MR) is 115 cm³/mol. The van der Waals surface area contributed by atoms with Crippen LogP contribution < -0.4 is 10.6 Å². The van der Waals surface area contributed by atoms with Crippen molar-refractivity contribution in [1.82, 2.24) is 25.5 Å². The molecule has 2 saturated heterocycles. The molecule has 0 radical (unpaired) electrons. The third kappa shape index (κ3) is 5.53. The van der Waals surface area contributed by atoms with E-state index in [0.717, 1.165) is 63.1 Å². The molecule has 1 amide bonds. The van der Waals surface area contributed by atoms with Crippen LogP contribution in [0, 0.1) is 5.92 Å². The Balaban J connectivity index is 1.27. The molecule has 29 heavy (non-hydrogen) atoms. The van der Waals surface area contributed by atoms with Gasteiger partial charge in [0.2, 0.25) is 5.91 Å². The monoisotopic (exact) mass is 413 g/mol. The number of benzene rings is 1. The molecule has 3 heterocycles. The normalized spacial score (nSPS) is 22.5. The highest BCUT2D eigenvalue weighted by atomic mass is 35.5. The van der Waals surface area contributed by atoms with E-state index in [1.165, 1.54) is 6.42 Å². The molecule has 0 bridgehead atoms. The van der Waals surface area contributed by atoms with Gasteiger partial charge < -0.3 is 10.6 Å². The standard InChI is InChI=1S/C22H28ClN5O/c23-19-7-5-18(6-8-19)21-25-12-17(13-26-21)15-28-10-2-3-16(14-28)11-27-22(29)20-4-1-9-24-20/h5-8,12-13,16,20,24H,1-4,9-11,14-15H2,(H,27,29)/t16-,20+/m0/s1. The number of nitrogens with one attached hydrogen (secondary N) is 2. The SMILES string of the molecule is O=C(NC[C@@H]1CCCN(Cc2cnc(-c3ccc(Cl)cc3)nc2)C1)[C@H]1CCCN1. The second-order valence-corrected chi connectivity index (χ2v) is 8.50. The van der Waals surface area contributed by atoms with E-state index in [1.807, 2.05) is 36.7 Å². The maximum absolute atomic E-state index is 12.2. The van der Waals surface area contributed by atoms with E-state index in [4.69, 9.17) is 11.6 Å². The van der Waals surface area contributed by atoms with E-state index in [1.54, 1.807) is 0 Å². The van der Waals surface area contributed by atoms with Crippen molar-refractivity contribution in [2.45, 2.75) is 38.3 Å².